The molecule has 0 aromatic heterocycles. The van der Waals surface area contributed by atoms with Crippen molar-refractivity contribution in [1.82, 2.24) is 10.2 Å². The quantitative estimate of drug-likeness (QED) is 0.647. The fourth-order valence-electron chi connectivity index (χ4n) is 1.90. The SMILES string of the molecule is CC(NCCCN)C(=O)N1CCCCC1. The van der Waals surface area contributed by atoms with Crippen LogP contribution in [0.15, 0.2) is 0 Å². The summed E-state index contributed by atoms with van der Waals surface area (Å²) < 4.78 is 0. The summed E-state index contributed by atoms with van der Waals surface area (Å²) in [6.07, 6.45) is 4.50. The van der Waals surface area contributed by atoms with Gasteiger partial charge in [0.2, 0.25) is 5.91 Å². The van der Waals surface area contributed by atoms with E-state index in [0.717, 1.165) is 38.9 Å². The fraction of sp³-hybridized carbons (Fsp3) is 0.909. The Hall–Kier alpha value is -0.610. The highest BCUT2D eigenvalue weighted by Gasteiger charge is 2.21. The van der Waals surface area contributed by atoms with Crippen molar-refractivity contribution in [2.75, 3.05) is 26.2 Å². The lowest BCUT2D eigenvalue weighted by Crippen LogP contribution is -2.47. The van der Waals surface area contributed by atoms with E-state index in [4.69, 9.17) is 5.73 Å². The number of nitrogens with one attached hydrogen (secondary N) is 1. The minimum absolute atomic E-state index is 0.0605. The van der Waals surface area contributed by atoms with Gasteiger partial charge < -0.3 is 16.0 Å². The Morgan fingerprint density at radius 1 is 1.40 bits per heavy atom. The summed E-state index contributed by atoms with van der Waals surface area (Å²) in [7, 11) is 0. The predicted molar refractivity (Wildman–Crippen MR) is 61.6 cm³/mol. The van der Waals surface area contributed by atoms with Crippen molar-refractivity contribution in [3.63, 3.8) is 0 Å². The van der Waals surface area contributed by atoms with Crippen molar-refractivity contribution in [3.05, 3.63) is 0 Å². The zero-order valence-corrected chi connectivity index (χ0v) is 9.67. The normalized spacial score (nSPS) is 18.9. The number of amides is 1. The largest absolute Gasteiger partial charge is 0.341 e. The van der Waals surface area contributed by atoms with Crippen LogP contribution in [0.4, 0.5) is 0 Å². The fourth-order valence-corrected chi connectivity index (χ4v) is 1.90. The highest BCUT2D eigenvalue weighted by Crippen LogP contribution is 2.09. The van der Waals surface area contributed by atoms with Gasteiger partial charge >= 0.3 is 0 Å². The smallest absolute Gasteiger partial charge is 0.239 e. The lowest BCUT2D eigenvalue weighted by Gasteiger charge is -2.29. The Balaban J connectivity index is 2.24. The summed E-state index contributed by atoms with van der Waals surface area (Å²) in [6, 6.07) is -0.0605. The summed E-state index contributed by atoms with van der Waals surface area (Å²) in [6.45, 7) is 5.31. The van der Waals surface area contributed by atoms with Crippen LogP contribution in [0.25, 0.3) is 0 Å². The molecule has 4 heteroatoms. The molecule has 3 N–H and O–H groups in total. The lowest BCUT2D eigenvalue weighted by atomic mass is 10.1. The van der Waals surface area contributed by atoms with Crippen molar-refractivity contribution < 1.29 is 4.79 Å². The summed E-state index contributed by atoms with van der Waals surface area (Å²) in [4.78, 5) is 13.9. The van der Waals surface area contributed by atoms with Gasteiger partial charge in [-0.1, -0.05) is 0 Å². The van der Waals surface area contributed by atoms with Crippen LogP contribution in [0.5, 0.6) is 0 Å². The van der Waals surface area contributed by atoms with Crippen LogP contribution in [0, 0.1) is 0 Å². The zero-order chi connectivity index (χ0) is 11.1. The zero-order valence-electron chi connectivity index (χ0n) is 9.67. The monoisotopic (exact) mass is 213 g/mol. The van der Waals surface area contributed by atoms with Gasteiger partial charge in [-0.15, -0.1) is 0 Å². The standard InChI is InChI=1S/C11H23N3O/c1-10(13-7-5-6-12)11(15)14-8-3-2-4-9-14/h10,13H,2-9,12H2,1H3. The molecule has 1 aliphatic heterocycles. The molecule has 0 aromatic carbocycles. The van der Waals surface area contributed by atoms with Crippen molar-refractivity contribution in [2.24, 2.45) is 5.73 Å². The molecule has 88 valence electrons. The van der Waals surface area contributed by atoms with E-state index in [1.54, 1.807) is 0 Å². The van der Waals surface area contributed by atoms with Crippen LogP contribution >= 0.6 is 0 Å². The summed E-state index contributed by atoms with van der Waals surface area (Å²) >= 11 is 0. The summed E-state index contributed by atoms with van der Waals surface area (Å²) in [5.41, 5.74) is 5.40. The number of carbonyl (C=O) groups is 1. The Morgan fingerprint density at radius 2 is 2.07 bits per heavy atom. The molecular weight excluding hydrogens is 190 g/mol. The third kappa shape index (κ3) is 4.18. The van der Waals surface area contributed by atoms with Crippen LogP contribution in [-0.2, 0) is 4.79 Å². The van der Waals surface area contributed by atoms with Gasteiger partial charge in [0.15, 0.2) is 0 Å². The van der Waals surface area contributed by atoms with E-state index < -0.39 is 0 Å². The Labute approximate surface area is 92.2 Å². The number of nitrogens with zero attached hydrogens (tertiary/aromatic N) is 1. The maximum atomic E-state index is 11.9. The van der Waals surface area contributed by atoms with E-state index >= 15 is 0 Å². The molecule has 1 fully saturated rings. The molecule has 1 unspecified atom stereocenters. The van der Waals surface area contributed by atoms with Gasteiger partial charge in [-0.2, -0.15) is 0 Å². The van der Waals surface area contributed by atoms with Crippen LogP contribution < -0.4 is 11.1 Å². The average molecular weight is 213 g/mol. The van der Waals surface area contributed by atoms with Crippen molar-refractivity contribution in [3.8, 4) is 0 Å². The molecule has 1 heterocycles. The van der Waals surface area contributed by atoms with E-state index in [1.807, 2.05) is 11.8 Å². The molecule has 0 saturated carbocycles. The predicted octanol–water partition coefficient (Wildman–Crippen LogP) is 0.326. The topological polar surface area (TPSA) is 58.4 Å². The average Bonchev–Trinajstić information content (AvgIpc) is 2.29. The second kappa shape index (κ2) is 6.80. The molecule has 0 radical (unpaired) electrons. The van der Waals surface area contributed by atoms with E-state index in [2.05, 4.69) is 5.32 Å². The number of piperidine rings is 1. The number of hydrogen-bond donors (Lipinski definition) is 2. The molecule has 4 nitrogen and oxygen atoms in total. The molecule has 1 atom stereocenters. The third-order valence-electron chi connectivity index (χ3n) is 2.87. The first-order chi connectivity index (χ1) is 7.25. The van der Waals surface area contributed by atoms with E-state index in [0.29, 0.717) is 6.54 Å². The van der Waals surface area contributed by atoms with E-state index in [-0.39, 0.29) is 11.9 Å². The molecule has 1 saturated heterocycles. The van der Waals surface area contributed by atoms with Gasteiger partial charge in [0, 0.05) is 13.1 Å². The van der Waals surface area contributed by atoms with Crippen LogP contribution in [-0.4, -0.2) is 43.0 Å². The Morgan fingerprint density at radius 3 is 2.67 bits per heavy atom. The first-order valence-electron chi connectivity index (χ1n) is 5.98. The van der Waals surface area contributed by atoms with Crippen molar-refractivity contribution in [2.45, 2.75) is 38.6 Å². The molecule has 15 heavy (non-hydrogen) atoms. The number of rotatable bonds is 5. The molecule has 0 aromatic rings. The Kier molecular flexibility index (Phi) is 5.65. The van der Waals surface area contributed by atoms with Gasteiger partial charge in [0.1, 0.15) is 0 Å². The van der Waals surface area contributed by atoms with E-state index in [1.165, 1.54) is 6.42 Å². The highest BCUT2D eigenvalue weighted by atomic mass is 16.2. The number of carbonyl (C=O) groups excluding carboxylic acids is 1. The van der Waals surface area contributed by atoms with Gasteiger partial charge in [-0.3, -0.25) is 4.79 Å². The molecular formula is C11H23N3O. The maximum absolute atomic E-state index is 11.9. The number of nitrogens with two attached hydrogens (primary N) is 1. The summed E-state index contributed by atoms with van der Waals surface area (Å²) in [5, 5.41) is 3.21. The first-order valence-corrected chi connectivity index (χ1v) is 5.98. The second-order valence-electron chi connectivity index (χ2n) is 4.20. The molecule has 0 bridgehead atoms. The first kappa shape index (κ1) is 12.5. The molecule has 1 amide bonds. The van der Waals surface area contributed by atoms with E-state index in [9.17, 15) is 4.79 Å². The highest BCUT2D eigenvalue weighted by molar-refractivity contribution is 5.81. The molecule has 0 spiro atoms. The molecule has 0 aliphatic carbocycles. The van der Waals surface area contributed by atoms with Crippen LogP contribution in [0.1, 0.15) is 32.6 Å². The second-order valence-corrected chi connectivity index (χ2v) is 4.20. The number of likely N-dealkylation sites (tertiary alicyclic amines) is 1. The minimum atomic E-state index is -0.0605. The Bertz CT molecular complexity index is 190. The molecule has 1 rings (SSSR count). The van der Waals surface area contributed by atoms with Crippen molar-refractivity contribution in [1.29, 1.82) is 0 Å². The van der Waals surface area contributed by atoms with Crippen LogP contribution in [0.3, 0.4) is 0 Å². The lowest BCUT2D eigenvalue weighted by molar-refractivity contribution is -0.133. The number of hydrogen-bond acceptors (Lipinski definition) is 3. The third-order valence-corrected chi connectivity index (χ3v) is 2.87. The minimum Gasteiger partial charge on any atom is -0.341 e. The van der Waals surface area contributed by atoms with Crippen molar-refractivity contribution >= 4 is 5.91 Å². The van der Waals surface area contributed by atoms with Crippen LogP contribution in [0.2, 0.25) is 0 Å². The molecule has 1 aliphatic rings. The summed E-state index contributed by atoms with van der Waals surface area (Å²) in [5.74, 6) is 0.242. The van der Waals surface area contributed by atoms with Gasteiger partial charge in [0.05, 0.1) is 6.04 Å². The van der Waals surface area contributed by atoms with Gasteiger partial charge in [-0.05, 0) is 45.7 Å². The maximum Gasteiger partial charge on any atom is 0.239 e. The van der Waals surface area contributed by atoms with Gasteiger partial charge in [-0.25, -0.2) is 0 Å². The van der Waals surface area contributed by atoms with Gasteiger partial charge in [0.25, 0.3) is 0 Å².